The van der Waals surface area contributed by atoms with Gasteiger partial charge in [0.05, 0.1) is 25.0 Å². The number of hydrogen-bond donors (Lipinski definition) is 0. The Morgan fingerprint density at radius 1 is 1.33 bits per heavy atom. The lowest BCUT2D eigenvalue weighted by Crippen LogP contribution is -2.60. The average molecular weight is 373 g/mol. The third kappa shape index (κ3) is 4.39. The number of aromatic nitrogens is 2. The van der Waals surface area contributed by atoms with Crippen molar-refractivity contribution in [2.75, 3.05) is 26.3 Å². The smallest absolute Gasteiger partial charge is 0.128 e. The van der Waals surface area contributed by atoms with Gasteiger partial charge in [0, 0.05) is 50.1 Å². The van der Waals surface area contributed by atoms with E-state index in [2.05, 4.69) is 23.1 Å². The Morgan fingerprint density at radius 3 is 2.96 bits per heavy atom. The van der Waals surface area contributed by atoms with Crippen molar-refractivity contribution >= 4 is 0 Å². The molecule has 0 aliphatic carbocycles. The molecule has 2 aromatic rings. The number of benzene rings is 1. The fourth-order valence-electron chi connectivity index (χ4n) is 4.19. The van der Waals surface area contributed by atoms with Gasteiger partial charge in [-0.25, -0.2) is 4.39 Å². The second-order valence-corrected chi connectivity index (χ2v) is 7.85. The Labute approximate surface area is 160 Å². The molecule has 2 aliphatic rings. The van der Waals surface area contributed by atoms with Crippen LogP contribution in [0.15, 0.2) is 36.7 Å². The summed E-state index contributed by atoms with van der Waals surface area (Å²) in [4.78, 5) is 2.42. The van der Waals surface area contributed by atoms with Gasteiger partial charge < -0.3 is 9.47 Å². The van der Waals surface area contributed by atoms with E-state index in [0.717, 1.165) is 45.6 Å². The standard InChI is InChI=1S/C21H28FN3O2/c1-2-25-12-18(10-23-25)11-24-15-21(16-24)9-17(13-27-21)7-8-26-14-19-5-3-4-6-20(19)22/h3-6,10,12,17H,2,7-9,11,13-16H2,1H3. The van der Waals surface area contributed by atoms with E-state index in [1.807, 2.05) is 16.9 Å². The molecule has 2 aliphatic heterocycles. The summed E-state index contributed by atoms with van der Waals surface area (Å²) in [6.45, 7) is 7.75. The van der Waals surface area contributed by atoms with Crippen molar-refractivity contribution in [2.45, 2.75) is 45.1 Å². The summed E-state index contributed by atoms with van der Waals surface area (Å²) >= 11 is 0. The summed E-state index contributed by atoms with van der Waals surface area (Å²) in [6.07, 6.45) is 6.15. The first-order valence-electron chi connectivity index (χ1n) is 9.84. The summed E-state index contributed by atoms with van der Waals surface area (Å²) in [7, 11) is 0. The maximum atomic E-state index is 13.6. The maximum absolute atomic E-state index is 13.6. The van der Waals surface area contributed by atoms with Crippen LogP contribution in [0.3, 0.4) is 0 Å². The second-order valence-electron chi connectivity index (χ2n) is 7.85. The van der Waals surface area contributed by atoms with Crippen molar-refractivity contribution in [3.63, 3.8) is 0 Å². The van der Waals surface area contributed by atoms with Gasteiger partial charge in [0.2, 0.25) is 0 Å². The highest BCUT2D eigenvalue weighted by Gasteiger charge is 2.49. The molecule has 2 fully saturated rings. The monoisotopic (exact) mass is 373 g/mol. The molecule has 0 bridgehead atoms. The Hall–Kier alpha value is -1.76. The minimum Gasteiger partial charge on any atom is -0.377 e. The van der Waals surface area contributed by atoms with Gasteiger partial charge in [0.25, 0.3) is 0 Å². The van der Waals surface area contributed by atoms with Crippen LogP contribution in [-0.2, 0) is 29.2 Å². The van der Waals surface area contributed by atoms with Crippen LogP contribution in [0.2, 0.25) is 0 Å². The number of hydrogen-bond acceptors (Lipinski definition) is 4. The van der Waals surface area contributed by atoms with E-state index in [-0.39, 0.29) is 11.4 Å². The molecule has 1 atom stereocenters. The van der Waals surface area contributed by atoms with E-state index in [1.165, 1.54) is 11.6 Å². The molecule has 2 saturated heterocycles. The van der Waals surface area contributed by atoms with Crippen LogP contribution in [0.25, 0.3) is 0 Å². The van der Waals surface area contributed by atoms with Crippen LogP contribution in [0.1, 0.15) is 30.9 Å². The molecule has 3 heterocycles. The summed E-state index contributed by atoms with van der Waals surface area (Å²) in [5.74, 6) is 0.343. The first-order valence-corrected chi connectivity index (χ1v) is 9.84. The van der Waals surface area contributed by atoms with Crippen molar-refractivity contribution in [1.29, 1.82) is 0 Å². The van der Waals surface area contributed by atoms with E-state index < -0.39 is 0 Å². The number of nitrogens with zero attached hydrogens (tertiary/aromatic N) is 3. The molecule has 27 heavy (non-hydrogen) atoms. The Kier molecular flexibility index (Phi) is 5.57. The molecule has 0 radical (unpaired) electrons. The third-order valence-electron chi connectivity index (χ3n) is 5.61. The first kappa shape index (κ1) is 18.6. The van der Waals surface area contributed by atoms with E-state index in [9.17, 15) is 4.39 Å². The Morgan fingerprint density at radius 2 is 2.19 bits per heavy atom. The fraction of sp³-hybridized carbons (Fsp3) is 0.571. The van der Waals surface area contributed by atoms with Gasteiger partial charge in [-0.2, -0.15) is 5.10 Å². The van der Waals surface area contributed by atoms with Gasteiger partial charge in [0.1, 0.15) is 5.82 Å². The molecular formula is C21H28FN3O2. The highest BCUT2D eigenvalue weighted by atomic mass is 19.1. The minimum absolute atomic E-state index is 0.0386. The van der Waals surface area contributed by atoms with Crippen LogP contribution in [0, 0.1) is 11.7 Å². The predicted molar refractivity (Wildman–Crippen MR) is 101 cm³/mol. The number of halogens is 1. The number of likely N-dealkylation sites (tertiary alicyclic amines) is 1. The molecule has 146 valence electrons. The van der Waals surface area contributed by atoms with Crippen molar-refractivity contribution in [2.24, 2.45) is 5.92 Å². The van der Waals surface area contributed by atoms with Crippen LogP contribution >= 0.6 is 0 Å². The van der Waals surface area contributed by atoms with Crippen molar-refractivity contribution in [3.05, 3.63) is 53.6 Å². The molecular weight excluding hydrogens is 345 g/mol. The maximum Gasteiger partial charge on any atom is 0.128 e. The Balaban J connectivity index is 1.15. The van der Waals surface area contributed by atoms with E-state index in [4.69, 9.17) is 9.47 Å². The van der Waals surface area contributed by atoms with Gasteiger partial charge in [-0.05, 0) is 31.7 Å². The molecule has 0 amide bonds. The van der Waals surface area contributed by atoms with Gasteiger partial charge in [-0.3, -0.25) is 9.58 Å². The number of aryl methyl sites for hydroxylation is 1. The highest BCUT2D eigenvalue weighted by Crippen LogP contribution is 2.39. The quantitative estimate of drug-likeness (QED) is 0.666. The largest absolute Gasteiger partial charge is 0.377 e. The van der Waals surface area contributed by atoms with Gasteiger partial charge in [-0.1, -0.05) is 18.2 Å². The first-order chi connectivity index (χ1) is 13.2. The van der Waals surface area contributed by atoms with E-state index >= 15 is 0 Å². The SMILES string of the molecule is CCn1cc(CN2CC3(CC(CCOCc4ccccc4F)CO3)C2)cn1. The van der Waals surface area contributed by atoms with Gasteiger partial charge in [0.15, 0.2) is 0 Å². The lowest BCUT2D eigenvalue weighted by molar-refractivity contribution is -0.114. The lowest BCUT2D eigenvalue weighted by Gasteiger charge is -2.47. The number of rotatable bonds is 8. The zero-order valence-electron chi connectivity index (χ0n) is 15.9. The summed E-state index contributed by atoms with van der Waals surface area (Å²) < 4.78 is 27.4. The van der Waals surface area contributed by atoms with Crippen molar-refractivity contribution in [1.82, 2.24) is 14.7 Å². The molecule has 1 unspecified atom stereocenters. The van der Waals surface area contributed by atoms with Crippen molar-refractivity contribution < 1.29 is 13.9 Å². The molecule has 1 aromatic carbocycles. The normalized spacial score (nSPS) is 21.6. The molecule has 1 spiro atoms. The van der Waals surface area contributed by atoms with Gasteiger partial charge in [-0.15, -0.1) is 0 Å². The zero-order valence-corrected chi connectivity index (χ0v) is 15.9. The molecule has 6 heteroatoms. The van der Waals surface area contributed by atoms with Crippen LogP contribution < -0.4 is 0 Å². The zero-order chi connectivity index (χ0) is 18.7. The third-order valence-corrected chi connectivity index (χ3v) is 5.61. The Bertz CT molecular complexity index is 757. The molecule has 0 N–H and O–H groups in total. The summed E-state index contributed by atoms with van der Waals surface area (Å²) in [5.41, 5.74) is 1.93. The molecule has 5 nitrogen and oxygen atoms in total. The number of ether oxygens (including phenoxy) is 2. The van der Waals surface area contributed by atoms with Crippen LogP contribution in [-0.4, -0.2) is 46.6 Å². The molecule has 0 saturated carbocycles. The fourth-order valence-corrected chi connectivity index (χ4v) is 4.19. The van der Waals surface area contributed by atoms with Crippen molar-refractivity contribution in [3.8, 4) is 0 Å². The molecule has 4 rings (SSSR count). The average Bonchev–Trinajstić information content (AvgIpc) is 3.27. The molecule has 1 aromatic heterocycles. The highest BCUT2D eigenvalue weighted by molar-refractivity contribution is 5.16. The second kappa shape index (κ2) is 8.09. The van der Waals surface area contributed by atoms with Crippen LogP contribution in [0.4, 0.5) is 4.39 Å². The van der Waals surface area contributed by atoms with E-state index in [1.54, 1.807) is 12.1 Å². The van der Waals surface area contributed by atoms with Gasteiger partial charge >= 0.3 is 0 Å². The summed E-state index contributed by atoms with van der Waals surface area (Å²) in [5, 5.41) is 4.34. The lowest BCUT2D eigenvalue weighted by atomic mass is 9.86. The predicted octanol–water partition coefficient (Wildman–Crippen LogP) is 3.24. The minimum atomic E-state index is -0.195. The van der Waals surface area contributed by atoms with E-state index in [0.29, 0.717) is 24.7 Å². The van der Waals surface area contributed by atoms with Crippen LogP contribution in [0.5, 0.6) is 0 Å². The summed E-state index contributed by atoms with van der Waals surface area (Å²) in [6, 6.07) is 6.79. The topological polar surface area (TPSA) is 39.5 Å².